The van der Waals surface area contributed by atoms with Crippen molar-refractivity contribution in [2.75, 3.05) is 30.3 Å². The summed E-state index contributed by atoms with van der Waals surface area (Å²) in [7, 11) is -3.94. The number of ether oxygens (including phenoxy) is 1. The second-order valence-electron chi connectivity index (χ2n) is 11.9. The second-order valence-corrected chi connectivity index (χ2v) is 13.5. The number of nitrogen functional groups attached to an aromatic ring is 1. The van der Waals surface area contributed by atoms with Crippen LogP contribution in [-0.4, -0.2) is 48.6 Å². The number of aryl methyl sites for hydroxylation is 1. The minimum atomic E-state index is -3.94. The summed E-state index contributed by atoms with van der Waals surface area (Å²) in [6.07, 6.45) is 6.25. The highest BCUT2D eigenvalue weighted by atomic mass is 32.2. The fourth-order valence-corrected chi connectivity index (χ4v) is 6.71. The van der Waals surface area contributed by atoms with Crippen molar-refractivity contribution in [1.82, 2.24) is 19.7 Å². The van der Waals surface area contributed by atoms with Gasteiger partial charge in [-0.15, -0.1) is 0 Å². The van der Waals surface area contributed by atoms with Crippen LogP contribution in [0.15, 0.2) is 41.7 Å². The number of pyridine rings is 1. The average Bonchev–Trinajstić information content (AvgIpc) is 3.09. The molecule has 1 aromatic carbocycles. The zero-order valence-corrected chi connectivity index (χ0v) is 23.8. The van der Waals surface area contributed by atoms with Gasteiger partial charge in [0.1, 0.15) is 35.2 Å². The lowest BCUT2D eigenvalue weighted by Gasteiger charge is -2.33. The third-order valence-electron chi connectivity index (χ3n) is 7.47. The first kappa shape index (κ1) is 27.3. The first-order chi connectivity index (χ1) is 18.4. The van der Waals surface area contributed by atoms with E-state index in [1.807, 2.05) is 18.2 Å². The first-order valence-electron chi connectivity index (χ1n) is 13.2. The fraction of sp³-hybridized carbons (Fsp3) is 0.464. The standard InChI is InChI=1S/C28H37N7O3S/c1-27(2)8-7-22-21(13-27)26(33-17-32-22)35-9-10-38-23-6-5-18(11-20(23)15-35)19-12-24(25(30)31-14-19)39(36,37)34-28(3,4)16-29/h5-6,11-12,14,17,34H,7-10,13,15-16,29H2,1-4H3,(H2,30,31). The van der Waals surface area contributed by atoms with Crippen LogP contribution >= 0.6 is 0 Å². The van der Waals surface area contributed by atoms with Gasteiger partial charge in [-0.1, -0.05) is 19.9 Å². The number of aromatic nitrogens is 3. The lowest BCUT2D eigenvalue weighted by molar-refractivity contribution is 0.310. The molecule has 0 spiro atoms. The number of rotatable bonds is 6. The summed E-state index contributed by atoms with van der Waals surface area (Å²) in [4.78, 5) is 15.7. The molecule has 5 rings (SSSR count). The molecule has 0 fully saturated rings. The van der Waals surface area contributed by atoms with E-state index in [1.165, 1.54) is 5.56 Å². The molecule has 0 saturated carbocycles. The molecule has 208 valence electrons. The van der Waals surface area contributed by atoms with E-state index in [9.17, 15) is 8.42 Å². The fourth-order valence-electron chi connectivity index (χ4n) is 5.17. The van der Waals surface area contributed by atoms with Crippen molar-refractivity contribution < 1.29 is 13.2 Å². The first-order valence-corrected chi connectivity index (χ1v) is 14.7. The number of hydrogen-bond acceptors (Lipinski definition) is 9. The van der Waals surface area contributed by atoms with Crippen molar-refractivity contribution in [2.45, 2.75) is 63.9 Å². The largest absolute Gasteiger partial charge is 0.491 e. The maximum absolute atomic E-state index is 13.1. The molecule has 0 atom stereocenters. The van der Waals surface area contributed by atoms with Gasteiger partial charge in [-0.3, -0.25) is 0 Å². The molecule has 3 heterocycles. The van der Waals surface area contributed by atoms with E-state index in [0.29, 0.717) is 25.3 Å². The van der Waals surface area contributed by atoms with Gasteiger partial charge in [0.2, 0.25) is 10.0 Å². The number of hydrogen-bond donors (Lipinski definition) is 3. The average molecular weight is 552 g/mol. The number of fused-ring (bicyclic) bond motifs is 2. The van der Waals surface area contributed by atoms with Crippen LogP contribution in [0.4, 0.5) is 11.6 Å². The molecule has 10 nitrogen and oxygen atoms in total. The summed E-state index contributed by atoms with van der Waals surface area (Å²) in [5.74, 6) is 1.69. The van der Waals surface area contributed by atoms with Crippen LogP contribution < -0.4 is 25.8 Å². The number of anilines is 2. The number of sulfonamides is 1. The quantitative estimate of drug-likeness (QED) is 0.420. The maximum Gasteiger partial charge on any atom is 0.244 e. The Kier molecular flexibility index (Phi) is 7.02. The Balaban J connectivity index is 1.48. The van der Waals surface area contributed by atoms with Crippen molar-refractivity contribution in [3.8, 4) is 16.9 Å². The number of benzene rings is 1. The molecule has 0 saturated heterocycles. The predicted octanol–water partition coefficient (Wildman–Crippen LogP) is 3.05. The molecule has 0 amide bonds. The normalized spacial score (nSPS) is 17.1. The second kappa shape index (κ2) is 10.0. The molecule has 2 aromatic heterocycles. The van der Waals surface area contributed by atoms with Crippen molar-refractivity contribution in [3.05, 3.63) is 53.6 Å². The SMILES string of the molecule is CC1(C)CCc2ncnc(N3CCOc4ccc(-c5cnc(N)c(S(=O)(=O)NC(C)(C)CN)c5)cc4C3)c2C1. The van der Waals surface area contributed by atoms with Gasteiger partial charge < -0.3 is 21.1 Å². The molecule has 1 aliphatic heterocycles. The number of nitrogens with zero attached hydrogens (tertiary/aromatic N) is 4. The van der Waals surface area contributed by atoms with Crippen LogP contribution in [0.1, 0.15) is 50.9 Å². The van der Waals surface area contributed by atoms with Gasteiger partial charge in [-0.2, -0.15) is 0 Å². The summed E-state index contributed by atoms with van der Waals surface area (Å²) < 4.78 is 35.0. The van der Waals surface area contributed by atoms with E-state index in [2.05, 4.69) is 33.4 Å². The van der Waals surface area contributed by atoms with E-state index >= 15 is 0 Å². The Labute approximate surface area is 230 Å². The van der Waals surface area contributed by atoms with Gasteiger partial charge in [-0.25, -0.2) is 28.1 Å². The van der Waals surface area contributed by atoms with Gasteiger partial charge in [0.05, 0.1) is 6.54 Å². The van der Waals surface area contributed by atoms with Crippen LogP contribution in [0.2, 0.25) is 0 Å². The van der Waals surface area contributed by atoms with Crippen LogP contribution in [-0.2, 0) is 29.4 Å². The molecular weight excluding hydrogens is 514 g/mol. The third-order valence-corrected chi connectivity index (χ3v) is 9.20. The number of nitrogens with two attached hydrogens (primary N) is 2. The Bertz CT molecular complexity index is 1500. The topological polar surface area (TPSA) is 149 Å². The molecule has 1 aliphatic carbocycles. The highest BCUT2D eigenvalue weighted by Gasteiger charge is 2.31. The lowest BCUT2D eigenvalue weighted by Crippen LogP contribution is -2.48. The number of nitrogens with one attached hydrogen (secondary N) is 1. The Morgan fingerprint density at radius 3 is 2.72 bits per heavy atom. The van der Waals surface area contributed by atoms with Gasteiger partial charge in [0, 0.05) is 47.2 Å². The van der Waals surface area contributed by atoms with Crippen molar-refractivity contribution >= 4 is 21.7 Å². The smallest absolute Gasteiger partial charge is 0.244 e. The van der Waals surface area contributed by atoms with Gasteiger partial charge in [0.15, 0.2) is 0 Å². The van der Waals surface area contributed by atoms with E-state index < -0.39 is 15.6 Å². The van der Waals surface area contributed by atoms with Crippen molar-refractivity contribution in [1.29, 1.82) is 0 Å². The molecule has 0 unspecified atom stereocenters. The molecule has 3 aromatic rings. The molecule has 0 bridgehead atoms. The zero-order valence-electron chi connectivity index (χ0n) is 23.0. The van der Waals surface area contributed by atoms with E-state index in [-0.39, 0.29) is 22.7 Å². The minimum absolute atomic E-state index is 0.0696. The zero-order chi connectivity index (χ0) is 28.0. The molecule has 5 N–H and O–H groups in total. The van der Waals surface area contributed by atoms with Crippen molar-refractivity contribution in [2.24, 2.45) is 11.1 Å². The monoisotopic (exact) mass is 551 g/mol. The molecular formula is C28H37N7O3S. The van der Waals surface area contributed by atoms with Gasteiger partial charge in [0.25, 0.3) is 0 Å². The maximum atomic E-state index is 13.1. The van der Waals surface area contributed by atoms with Crippen molar-refractivity contribution in [3.63, 3.8) is 0 Å². The molecule has 39 heavy (non-hydrogen) atoms. The summed E-state index contributed by atoms with van der Waals surface area (Å²) in [6, 6.07) is 7.40. The summed E-state index contributed by atoms with van der Waals surface area (Å²) in [5.41, 5.74) is 15.9. The Morgan fingerprint density at radius 2 is 1.95 bits per heavy atom. The van der Waals surface area contributed by atoms with Crippen LogP contribution in [0, 0.1) is 5.41 Å². The van der Waals surface area contributed by atoms with Crippen LogP contribution in [0.5, 0.6) is 5.75 Å². The summed E-state index contributed by atoms with van der Waals surface area (Å²) in [5, 5.41) is 0. The van der Waals surface area contributed by atoms with Gasteiger partial charge >= 0.3 is 0 Å². The highest BCUT2D eigenvalue weighted by molar-refractivity contribution is 7.89. The van der Waals surface area contributed by atoms with E-state index in [1.54, 1.807) is 32.4 Å². The molecule has 2 aliphatic rings. The third kappa shape index (κ3) is 5.70. The Morgan fingerprint density at radius 1 is 1.15 bits per heavy atom. The van der Waals surface area contributed by atoms with Crippen LogP contribution in [0.25, 0.3) is 11.1 Å². The minimum Gasteiger partial charge on any atom is -0.491 e. The molecule has 11 heteroatoms. The molecule has 0 radical (unpaired) electrons. The Hall–Kier alpha value is -3.28. The van der Waals surface area contributed by atoms with E-state index in [0.717, 1.165) is 47.7 Å². The highest BCUT2D eigenvalue weighted by Crippen LogP contribution is 2.39. The predicted molar refractivity (Wildman–Crippen MR) is 152 cm³/mol. The van der Waals surface area contributed by atoms with Gasteiger partial charge in [-0.05, 0) is 62.3 Å². The van der Waals surface area contributed by atoms with Crippen LogP contribution in [0.3, 0.4) is 0 Å². The summed E-state index contributed by atoms with van der Waals surface area (Å²) >= 11 is 0. The summed E-state index contributed by atoms with van der Waals surface area (Å²) in [6.45, 7) is 9.98. The lowest BCUT2D eigenvalue weighted by atomic mass is 9.76. The van der Waals surface area contributed by atoms with E-state index in [4.69, 9.17) is 21.2 Å².